The van der Waals surface area contributed by atoms with E-state index in [2.05, 4.69) is 15.0 Å². The van der Waals surface area contributed by atoms with Crippen molar-refractivity contribution >= 4 is 17.0 Å². The van der Waals surface area contributed by atoms with Gasteiger partial charge in [-0.15, -0.1) is 0 Å². The lowest BCUT2D eigenvalue weighted by Gasteiger charge is -1.95. The average molecular weight is 175 g/mol. The SMILES string of the molecule is O=C(O)c1cc2nccnc2cn1. The van der Waals surface area contributed by atoms with Crippen LogP contribution in [0.1, 0.15) is 10.5 Å². The van der Waals surface area contributed by atoms with Crippen LogP contribution < -0.4 is 0 Å². The summed E-state index contributed by atoms with van der Waals surface area (Å²) in [5, 5.41) is 8.63. The van der Waals surface area contributed by atoms with Crippen molar-refractivity contribution in [2.24, 2.45) is 0 Å². The zero-order valence-corrected chi connectivity index (χ0v) is 6.51. The fraction of sp³-hybridized carbons (Fsp3) is 0. The second kappa shape index (κ2) is 2.78. The molecule has 1 N–H and O–H groups in total. The first-order chi connectivity index (χ1) is 6.27. The number of carboxylic acids is 1. The number of carboxylic acid groups (broad SMARTS) is 1. The van der Waals surface area contributed by atoms with Crippen molar-refractivity contribution < 1.29 is 9.90 Å². The lowest BCUT2D eigenvalue weighted by molar-refractivity contribution is 0.0690. The molecule has 2 aromatic heterocycles. The van der Waals surface area contributed by atoms with E-state index in [0.29, 0.717) is 11.0 Å². The van der Waals surface area contributed by atoms with Crippen LogP contribution in [-0.4, -0.2) is 26.0 Å². The summed E-state index contributed by atoms with van der Waals surface area (Å²) >= 11 is 0. The van der Waals surface area contributed by atoms with Gasteiger partial charge in [-0.25, -0.2) is 9.78 Å². The van der Waals surface area contributed by atoms with Crippen molar-refractivity contribution in [1.82, 2.24) is 15.0 Å². The predicted molar refractivity (Wildman–Crippen MR) is 44.3 cm³/mol. The highest BCUT2D eigenvalue weighted by atomic mass is 16.4. The van der Waals surface area contributed by atoms with Crippen molar-refractivity contribution in [3.05, 3.63) is 30.4 Å². The first kappa shape index (κ1) is 7.60. The summed E-state index contributed by atoms with van der Waals surface area (Å²) in [4.78, 5) is 22.2. The molecule has 0 radical (unpaired) electrons. The van der Waals surface area contributed by atoms with E-state index < -0.39 is 5.97 Å². The van der Waals surface area contributed by atoms with Gasteiger partial charge in [0.05, 0.1) is 11.7 Å². The molecule has 64 valence electrons. The Bertz CT molecular complexity index is 470. The molecule has 0 spiro atoms. The molecule has 0 amide bonds. The lowest BCUT2D eigenvalue weighted by Crippen LogP contribution is -2.00. The van der Waals surface area contributed by atoms with Crippen LogP contribution in [0.4, 0.5) is 0 Å². The monoisotopic (exact) mass is 175 g/mol. The van der Waals surface area contributed by atoms with Crippen LogP contribution in [-0.2, 0) is 0 Å². The first-order valence-electron chi connectivity index (χ1n) is 3.57. The minimum absolute atomic E-state index is 0.0204. The van der Waals surface area contributed by atoms with Crippen LogP contribution in [0.15, 0.2) is 24.7 Å². The summed E-state index contributed by atoms with van der Waals surface area (Å²) < 4.78 is 0. The number of carbonyl (C=O) groups is 1. The van der Waals surface area contributed by atoms with Crippen molar-refractivity contribution in [3.63, 3.8) is 0 Å². The molecule has 0 aliphatic heterocycles. The van der Waals surface area contributed by atoms with E-state index in [-0.39, 0.29) is 5.69 Å². The van der Waals surface area contributed by atoms with E-state index in [1.807, 2.05) is 0 Å². The Morgan fingerprint density at radius 3 is 2.54 bits per heavy atom. The van der Waals surface area contributed by atoms with Crippen LogP contribution in [0.5, 0.6) is 0 Å². The van der Waals surface area contributed by atoms with Gasteiger partial charge in [-0.2, -0.15) is 0 Å². The zero-order valence-electron chi connectivity index (χ0n) is 6.51. The van der Waals surface area contributed by atoms with E-state index >= 15 is 0 Å². The fourth-order valence-electron chi connectivity index (χ4n) is 0.985. The minimum Gasteiger partial charge on any atom is -0.477 e. The van der Waals surface area contributed by atoms with Crippen LogP contribution in [0.25, 0.3) is 11.0 Å². The Morgan fingerprint density at radius 1 is 1.15 bits per heavy atom. The molecule has 0 fully saturated rings. The summed E-state index contributed by atoms with van der Waals surface area (Å²) in [6.07, 6.45) is 4.43. The van der Waals surface area contributed by atoms with E-state index in [4.69, 9.17) is 5.11 Å². The van der Waals surface area contributed by atoms with Gasteiger partial charge in [0.2, 0.25) is 0 Å². The summed E-state index contributed by atoms with van der Waals surface area (Å²) in [6, 6.07) is 1.39. The number of fused-ring (bicyclic) bond motifs is 1. The molecule has 13 heavy (non-hydrogen) atoms. The molecule has 0 bridgehead atoms. The van der Waals surface area contributed by atoms with Gasteiger partial charge in [0.15, 0.2) is 0 Å². The molecule has 5 heteroatoms. The number of hydrogen-bond donors (Lipinski definition) is 1. The molecule has 0 saturated heterocycles. The number of pyridine rings is 1. The third-order valence-corrected chi connectivity index (χ3v) is 1.57. The molecule has 2 heterocycles. The highest BCUT2D eigenvalue weighted by Crippen LogP contribution is 2.07. The Labute approximate surface area is 73.1 Å². The van der Waals surface area contributed by atoms with Gasteiger partial charge in [-0.05, 0) is 6.07 Å². The van der Waals surface area contributed by atoms with Gasteiger partial charge >= 0.3 is 5.97 Å². The van der Waals surface area contributed by atoms with E-state index in [1.54, 1.807) is 0 Å². The van der Waals surface area contributed by atoms with Crippen molar-refractivity contribution in [1.29, 1.82) is 0 Å². The number of aromatic carboxylic acids is 1. The van der Waals surface area contributed by atoms with Gasteiger partial charge in [-0.3, -0.25) is 9.97 Å². The molecule has 0 unspecified atom stereocenters. The van der Waals surface area contributed by atoms with E-state index in [0.717, 1.165) is 0 Å². The Hall–Kier alpha value is -2.04. The standard InChI is InChI=1S/C8H5N3O2/c12-8(13)6-3-5-7(4-11-6)10-2-1-9-5/h1-4H,(H,12,13). The Balaban J connectivity index is 2.69. The highest BCUT2D eigenvalue weighted by Gasteiger charge is 2.05. The van der Waals surface area contributed by atoms with E-state index in [1.165, 1.54) is 24.7 Å². The molecule has 0 aliphatic rings. The fourth-order valence-corrected chi connectivity index (χ4v) is 0.985. The summed E-state index contributed by atoms with van der Waals surface area (Å²) in [5.74, 6) is -1.06. The number of rotatable bonds is 1. The van der Waals surface area contributed by atoms with Crippen molar-refractivity contribution in [3.8, 4) is 0 Å². The normalized spacial score (nSPS) is 10.2. The molecular formula is C8H5N3O2. The topological polar surface area (TPSA) is 76.0 Å². The molecule has 2 rings (SSSR count). The van der Waals surface area contributed by atoms with Crippen molar-refractivity contribution in [2.75, 3.05) is 0 Å². The lowest BCUT2D eigenvalue weighted by atomic mass is 10.3. The second-order valence-electron chi connectivity index (χ2n) is 2.42. The molecular weight excluding hydrogens is 170 g/mol. The van der Waals surface area contributed by atoms with Gasteiger partial charge in [-0.1, -0.05) is 0 Å². The maximum atomic E-state index is 10.5. The van der Waals surface area contributed by atoms with Gasteiger partial charge < -0.3 is 5.11 Å². The molecule has 5 nitrogen and oxygen atoms in total. The minimum atomic E-state index is -1.06. The maximum Gasteiger partial charge on any atom is 0.354 e. The zero-order chi connectivity index (χ0) is 9.26. The summed E-state index contributed by atoms with van der Waals surface area (Å²) in [7, 11) is 0. The Kier molecular flexibility index (Phi) is 1.63. The van der Waals surface area contributed by atoms with Gasteiger partial charge in [0, 0.05) is 12.4 Å². The third kappa shape index (κ3) is 1.31. The van der Waals surface area contributed by atoms with Crippen molar-refractivity contribution in [2.45, 2.75) is 0 Å². The average Bonchev–Trinajstić information content (AvgIpc) is 2.17. The number of aromatic nitrogens is 3. The van der Waals surface area contributed by atoms with Crippen LogP contribution in [0, 0.1) is 0 Å². The summed E-state index contributed by atoms with van der Waals surface area (Å²) in [6.45, 7) is 0. The molecule has 0 aliphatic carbocycles. The maximum absolute atomic E-state index is 10.5. The molecule has 0 saturated carbocycles. The van der Waals surface area contributed by atoms with Gasteiger partial charge in [0.1, 0.15) is 11.2 Å². The third-order valence-electron chi connectivity index (χ3n) is 1.57. The quantitative estimate of drug-likeness (QED) is 0.691. The first-order valence-corrected chi connectivity index (χ1v) is 3.57. The highest BCUT2D eigenvalue weighted by molar-refractivity contribution is 5.89. The Morgan fingerprint density at radius 2 is 1.85 bits per heavy atom. The van der Waals surface area contributed by atoms with E-state index in [9.17, 15) is 4.79 Å². The number of hydrogen-bond acceptors (Lipinski definition) is 4. The smallest absolute Gasteiger partial charge is 0.354 e. The van der Waals surface area contributed by atoms with Crippen LogP contribution in [0.3, 0.4) is 0 Å². The largest absolute Gasteiger partial charge is 0.477 e. The second-order valence-corrected chi connectivity index (χ2v) is 2.42. The van der Waals surface area contributed by atoms with Gasteiger partial charge in [0.25, 0.3) is 0 Å². The number of nitrogens with zero attached hydrogens (tertiary/aromatic N) is 3. The summed E-state index contributed by atoms with van der Waals surface area (Å²) in [5.41, 5.74) is 1.11. The molecule has 0 aromatic carbocycles. The van der Waals surface area contributed by atoms with Crippen LogP contribution in [0.2, 0.25) is 0 Å². The molecule has 0 atom stereocenters. The van der Waals surface area contributed by atoms with Crippen LogP contribution >= 0.6 is 0 Å². The molecule has 2 aromatic rings. The predicted octanol–water partition coefficient (Wildman–Crippen LogP) is 0.723.